The van der Waals surface area contributed by atoms with Crippen molar-refractivity contribution in [3.05, 3.63) is 52.3 Å². The van der Waals surface area contributed by atoms with Gasteiger partial charge in [-0.15, -0.1) is 0 Å². The van der Waals surface area contributed by atoms with Gasteiger partial charge in [-0.25, -0.2) is 9.67 Å². The zero-order chi connectivity index (χ0) is 21.3. The smallest absolute Gasteiger partial charge is 0.254 e. The number of nitrogens with zero attached hydrogens (tertiary/aromatic N) is 4. The maximum absolute atomic E-state index is 13.4. The molecule has 2 aromatic heterocycles. The number of aromatic nitrogens is 3. The molecule has 7 heteroatoms. The fourth-order valence-corrected chi connectivity index (χ4v) is 3.49. The van der Waals surface area contributed by atoms with Crippen molar-refractivity contribution in [1.29, 1.82) is 0 Å². The Morgan fingerprint density at radius 2 is 1.97 bits per heavy atom. The lowest BCUT2D eigenvalue weighted by Gasteiger charge is -2.20. The van der Waals surface area contributed by atoms with E-state index in [1.165, 1.54) is 0 Å². The lowest BCUT2D eigenvalue weighted by molar-refractivity contribution is 0.0786. The first-order valence-corrected chi connectivity index (χ1v) is 10.1. The van der Waals surface area contributed by atoms with Gasteiger partial charge in [0.15, 0.2) is 5.65 Å². The van der Waals surface area contributed by atoms with Crippen molar-refractivity contribution in [3.8, 4) is 5.75 Å². The highest BCUT2D eigenvalue weighted by Crippen LogP contribution is 2.27. The standard InChI is InChI=1S/C22H27ClN4O2/c1-13(2)19-10-17(18-11-24-27(14(3)4)21(18)25-19)22(28)26(5)12-15-9-16(23)7-8-20(15)29-6/h7-11,13-14H,12H2,1-6H3. The molecule has 154 valence electrons. The summed E-state index contributed by atoms with van der Waals surface area (Å²) < 4.78 is 7.28. The van der Waals surface area contributed by atoms with Crippen LogP contribution in [0.4, 0.5) is 0 Å². The molecule has 0 atom stereocenters. The second-order valence-corrected chi connectivity index (χ2v) is 8.22. The summed E-state index contributed by atoms with van der Waals surface area (Å²) in [4.78, 5) is 19.8. The predicted molar refractivity (Wildman–Crippen MR) is 116 cm³/mol. The second-order valence-electron chi connectivity index (χ2n) is 7.79. The van der Waals surface area contributed by atoms with Crippen LogP contribution < -0.4 is 4.74 Å². The number of fused-ring (bicyclic) bond motifs is 1. The summed E-state index contributed by atoms with van der Waals surface area (Å²) in [5, 5.41) is 5.83. The quantitative estimate of drug-likeness (QED) is 0.565. The number of pyridine rings is 1. The lowest BCUT2D eigenvalue weighted by Crippen LogP contribution is -2.27. The molecule has 0 N–H and O–H groups in total. The van der Waals surface area contributed by atoms with Gasteiger partial charge in [0.1, 0.15) is 5.75 Å². The van der Waals surface area contributed by atoms with Crippen molar-refractivity contribution in [2.45, 2.75) is 46.2 Å². The van der Waals surface area contributed by atoms with Crippen LogP contribution in [0, 0.1) is 0 Å². The number of methoxy groups -OCH3 is 1. The molecule has 0 bridgehead atoms. The van der Waals surface area contributed by atoms with Crippen molar-refractivity contribution in [3.63, 3.8) is 0 Å². The van der Waals surface area contributed by atoms with E-state index in [0.717, 1.165) is 22.3 Å². The summed E-state index contributed by atoms with van der Waals surface area (Å²) in [6.07, 6.45) is 1.73. The van der Waals surface area contributed by atoms with E-state index in [0.29, 0.717) is 22.9 Å². The molecule has 3 rings (SSSR count). The molecule has 0 aliphatic heterocycles. The summed E-state index contributed by atoms with van der Waals surface area (Å²) in [5.41, 5.74) is 3.07. The molecule has 2 heterocycles. The average molecular weight is 415 g/mol. The highest BCUT2D eigenvalue weighted by Gasteiger charge is 2.22. The van der Waals surface area contributed by atoms with Crippen LogP contribution in [0.5, 0.6) is 5.75 Å². The molecular formula is C22H27ClN4O2. The fraction of sp³-hybridized carbons (Fsp3) is 0.409. The van der Waals surface area contributed by atoms with Crippen LogP contribution in [0.25, 0.3) is 11.0 Å². The Bertz CT molecular complexity index is 1040. The third kappa shape index (κ3) is 4.22. The van der Waals surface area contributed by atoms with Gasteiger partial charge < -0.3 is 9.64 Å². The molecule has 0 spiro atoms. The van der Waals surface area contributed by atoms with E-state index in [2.05, 4.69) is 32.8 Å². The Morgan fingerprint density at radius 1 is 1.24 bits per heavy atom. The van der Waals surface area contributed by atoms with Crippen LogP contribution in [0.2, 0.25) is 5.02 Å². The highest BCUT2D eigenvalue weighted by atomic mass is 35.5. The van der Waals surface area contributed by atoms with E-state index in [1.807, 2.05) is 22.9 Å². The van der Waals surface area contributed by atoms with Crippen molar-refractivity contribution in [1.82, 2.24) is 19.7 Å². The molecule has 6 nitrogen and oxygen atoms in total. The summed E-state index contributed by atoms with van der Waals surface area (Å²) in [5.74, 6) is 0.800. The Balaban J connectivity index is 2.03. The number of rotatable bonds is 6. The first-order chi connectivity index (χ1) is 13.7. The number of ether oxygens (including phenoxy) is 1. The molecule has 1 aromatic carbocycles. The molecule has 0 aliphatic rings. The number of amides is 1. The molecule has 0 fully saturated rings. The van der Waals surface area contributed by atoms with Crippen LogP contribution >= 0.6 is 11.6 Å². The van der Waals surface area contributed by atoms with Crippen molar-refractivity contribution >= 4 is 28.5 Å². The van der Waals surface area contributed by atoms with E-state index < -0.39 is 0 Å². The van der Waals surface area contributed by atoms with Gasteiger partial charge in [-0.3, -0.25) is 4.79 Å². The maximum atomic E-state index is 13.4. The minimum absolute atomic E-state index is 0.0929. The lowest BCUT2D eigenvalue weighted by atomic mass is 10.0. The normalized spacial score (nSPS) is 11.5. The zero-order valence-corrected chi connectivity index (χ0v) is 18.5. The van der Waals surface area contributed by atoms with Gasteiger partial charge in [0, 0.05) is 35.9 Å². The number of hydrogen-bond acceptors (Lipinski definition) is 4. The van der Waals surface area contributed by atoms with Gasteiger partial charge in [-0.1, -0.05) is 25.4 Å². The van der Waals surface area contributed by atoms with Crippen LogP contribution in [0.15, 0.2) is 30.5 Å². The Labute approximate surface area is 176 Å². The molecule has 1 amide bonds. The van der Waals surface area contributed by atoms with Crippen LogP contribution in [0.1, 0.15) is 61.3 Å². The zero-order valence-electron chi connectivity index (χ0n) is 17.7. The number of carbonyl (C=O) groups is 1. The third-order valence-corrected chi connectivity index (χ3v) is 5.13. The molecule has 29 heavy (non-hydrogen) atoms. The van der Waals surface area contributed by atoms with Crippen LogP contribution in [-0.2, 0) is 6.54 Å². The van der Waals surface area contributed by atoms with Crippen LogP contribution in [-0.4, -0.2) is 39.7 Å². The van der Waals surface area contributed by atoms with Gasteiger partial charge >= 0.3 is 0 Å². The summed E-state index contributed by atoms with van der Waals surface area (Å²) in [6, 6.07) is 7.44. The predicted octanol–water partition coefficient (Wildman–Crippen LogP) is 5.07. The first-order valence-electron chi connectivity index (χ1n) is 9.69. The van der Waals surface area contributed by atoms with Gasteiger partial charge in [-0.05, 0) is 44.0 Å². The second kappa shape index (κ2) is 8.41. The third-order valence-electron chi connectivity index (χ3n) is 4.89. The van der Waals surface area contributed by atoms with Crippen molar-refractivity contribution in [2.24, 2.45) is 0 Å². The largest absolute Gasteiger partial charge is 0.496 e. The van der Waals surface area contributed by atoms with E-state index in [4.69, 9.17) is 21.3 Å². The Morgan fingerprint density at radius 3 is 2.59 bits per heavy atom. The number of hydrogen-bond donors (Lipinski definition) is 0. The van der Waals surface area contributed by atoms with Gasteiger partial charge in [0.2, 0.25) is 0 Å². The van der Waals surface area contributed by atoms with E-state index >= 15 is 0 Å². The Kier molecular flexibility index (Phi) is 6.13. The molecule has 0 saturated heterocycles. The molecule has 0 radical (unpaired) electrons. The molecule has 3 aromatic rings. The summed E-state index contributed by atoms with van der Waals surface area (Å²) in [6.45, 7) is 8.62. The van der Waals surface area contributed by atoms with Crippen molar-refractivity contribution in [2.75, 3.05) is 14.2 Å². The molecule has 0 saturated carbocycles. The fourth-order valence-electron chi connectivity index (χ4n) is 3.29. The number of halogens is 1. The van der Waals surface area contributed by atoms with E-state index in [1.54, 1.807) is 31.3 Å². The Hall–Kier alpha value is -2.60. The molecule has 0 aliphatic carbocycles. The molecule has 0 unspecified atom stereocenters. The summed E-state index contributed by atoms with van der Waals surface area (Å²) >= 11 is 6.14. The van der Waals surface area contributed by atoms with Gasteiger partial charge in [0.25, 0.3) is 5.91 Å². The van der Waals surface area contributed by atoms with Gasteiger partial charge in [0.05, 0.1) is 24.3 Å². The van der Waals surface area contributed by atoms with Gasteiger partial charge in [-0.2, -0.15) is 5.10 Å². The number of carbonyl (C=O) groups excluding carboxylic acids is 1. The minimum atomic E-state index is -0.0929. The topological polar surface area (TPSA) is 60.2 Å². The summed E-state index contributed by atoms with van der Waals surface area (Å²) in [7, 11) is 3.38. The van der Waals surface area contributed by atoms with E-state index in [9.17, 15) is 4.79 Å². The number of benzene rings is 1. The maximum Gasteiger partial charge on any atom is 0.254 e. The minimum Gasteiger partial charge on any atom is -0.496 e. The van der Waals surface area contributed by atoms with Crippen LogP contribution in [0.3, 0.4) is 0 Å². The highest BCUT2D eigenvalue weighted by molar-refractivity contribution is 6.30. The van der Waals surface area contributed by atoms with Crippen molar-refractivity contribution < 1.29 is 9.53 Å². The monoisotopic (exact) mass is 414 g/mol. The van der Waals surface area contributed by atoms with E-state index in [-0.39, 0.29) is 17.9 Å². The first kappa shape index (κ1) is 21.1. The SMILES string of the molecule is COc1ccc(Cl)cc1CN(C)C(=O)c1cc(C(C)C)nc2c1cnn2C(C)C. The molecular weight excluding hydrogens is 388 g/mol. The average Bonchev–Trinajstić information content (AvgIpc) is 3.11.